The van der Waals surface area contributed by atoms with E-state index in [1.54, 1.807) is 29.2 Å². The van der Waals surface area contributed by atoms with Crippen LogP contribution in [0.15, 0.2) is 57.9 Å². The van der Waals surface area contributed by atoms with Crippen LogP contribution in [0.3, 0.4) is 0 Å². The van der Waals surface area contributed by atoms with E-state index in [9.17, 15) is 17.6 Å². The third kappa shape index (κ3) is 4.69. The molecule has 138 valence electrons. The summed E-state index contributed by atoms with van der Waals surface area (Å²) in [6.45, 7) is 1.07. The normalized spacial score (nSPS) is 17.7. The van der Waals surface area contributed by atoms with Gasteiger partial charge >= 0.3 is 0 Å². The highest BCUT2D eigenvalue weighted by Crippen LogP contribution is 2.21. The zero-order valence-corrected chi connectivity index (χ0v) is 16.3. The van der Waals surface area contributed by atoms with E-state index in [1.807, 2.05) is 0 Å². The molecular weight excluding hydrogens is 423 g/mol. The Morgan fingerprint density at radius 2 is 1.77 bits per heavy atom. The fourth-order valence-electron chi connectivity index (χ4n) is 2.88. The molecule has 2 aromatic carbocycles. The maximum atomic E-state index is 13.0. The first-order valence-corrected chi connectivity index (χ1v) is 10.4. The summed E-state index contributed by atoms with van der Waals surface area (Å²) in [7, 11) is -3.61. The van der Waals surface area contributed by atoms with Crippen molar-refractivity contribution >= 4 is 31.9 Å². The molecule has 1 N–H and O–H groups in total. The van der Waals surface area contributed by atoms with Gasteiger partial charge in [0.1, 0.15) is 5.82 Å². The van der Waals surface area contributed by atoms with Crippen LogP contribution in [-0.2, 0) is 21.4 Å². The highest BCUT2D eigenvalue weighted by molar-refractivity contribution is 9.10. The Hall–Kier alpha value is -1.77. The summed E-state index contributed by atoms with van der Waals surface area (Å²) in [5.41, 5.74) is 0.843. The number of rotatable bonds is 6. The summed E-state index contributed by atoms with van der Waals surface area (Å²) in [5.74, 6) is -0.433. The number of carbonyl (C=O) groups is 1. The van der Waals surface area contributed by atoms with Crippen molar-refractivity contribution in [3.05, 3.63) is 64.4 Å². The second kappa shape index (κ2) is 7.85. The minimum atomic E-state index is -3.61. The number of amides is 1. The molecule has 1 atom stereocenters. The van der Waals surface area contributed by atoms with E-state index in [2.05, 4.69) is 20.7 Å². The molecule has 1 amide bonds. The van der Waals surface area contributed by atoms with Gasteiger partial charge in [-0.2, -0.15) is 0 Å². The number of hydrogen-bond donors (Lipinski definition) is 1. The van der Waals surface area contributed by atoms with Crippen molar-refractivity contribution in [2.45, 2.75) is 17.9 Å². The van der Waals surface area contributed by atoms with Crippen LogP contribution in [0.4, 0.5) is 4.39 Å². The summed E-state index contributed by atoms with van der Waals surface area (Å²) in [6.07, 6.45) is 0.296. The van der Waals surface area contributed by atoms with Gasteiger partial charge in [-0.05, 0) is 47.9 Å². The number of likely N-dealkylation sites (tertiary alicyclic amines) is 1. The Morgan fingerprint density at radius 3 is 2.42 bits per heavy atom. The zero-order chi connectivity index (χ0) is 18.7. The molecule has 5 nitrogen and oxygen atoms in total. The molecule has 0 radical (unpaired) electrons. The maximum absolute atomic E-state index is 13.0. The maximum Gasteiger partial charge on any atom is 0.240 e. The van der Waals surface area contributed by atoms with E-state index in [4.69, 9.17) is 0 Å². The van der Waals surface area contributed by atoms with E-state index in [0.29, 0.717) is 19.5 Å². The van der Waals surface area contributed by atoms with Crippen molar-refractivity contribution in [3.63, 3.8) is 0 Å². The molecule has 0 saturated carbocycles. The Kier molecular flexibility index (Phi) is 5.74. The number of carbonyl (C=O) groups excluding carboxylic acids is 1. The largest absolute Gasteiger partial charge is 0.338 e. The van der Waals surface area contributed by atoms with Crippen LogP contribution < -0.4 is 4.72 Å². The quantitative estimate of drug-likeness (QED) is 0.750. The molecular formula is C18H18BrFN2O3S. The van der Waals surface area contributed by atoms with Gasteiger partial charge in [0.05, 0.1) is 4.90 Å². The number of nitrogens with zero attached hydrogens (tertiary/aromatic N) is 1. The van der Waals surface area contributed by atoms with Crippen LogP contribution in [-0.4, -0.2) is 32.3 Å². The van der Waals surface area contributed by atoms with Crippen LogP contribution in [0.5, 0.6) is 0 Å². The summed E-state index contributed by atoms with van der Waals surface area (Å²) in [5, 5.41) is 0. The molecule has 1 aliphatic rings. The van der Waals surface area contributed by atoms with Crippen molar-refractivity contribution in [3.8, 4) is 0 Å². The Balaban J connectivity index is 1.57. The molecule has 1 fully saturated rings. The minimum Gasteiger partial charge on any atom is -0.338 e. The Labute approximate surface area is 160 Å². The molecule has 3 rings (SSSR count). The van der Waals surface area contributed by atoms with Gasteiger partial charge in [0.25, 0.3) is 0 Å². The Morgan fingerprint density at radius 1 is 1.12 bits per heavy atom. The van der Waals surface area contributed by atoms with Crippen LogP contribution in [0, 0.1) is 11.7 Å². The van der Waals surface area contributed by atoms with Crippen molar-refractivity contribution in [1.29, 1.82) is 0 Å². The van der Waals surface area contributed by atoms with E-state index >= 15 is 0 Å². The number of sulfonamides is 1. The highest BCUT2D eigenvalue weighted by atomic mass is 79.9. The molecule has 1 saturated heterocycles. The minimum absolute atomic E-state index is 0.0258. The van der Waals surface area contributed by atoms with Gasteiger partial charge in [0.2, 0.25) is 15.9 Å². The monoisotopic (exact) mass is 440 g/mol. The predicted octanol–water partition coefficient (Wildman–Crippen LogP) is 2.92. The van der Waals surface area contributed by atoms with Gasteiger partial charge in [-0.25, -0.2) is 17.5 Å². The average molecular weight is 441 g/mol. The number of halogens is 2. The topological polar surface area (TPSA) is 66.5 Å². The smallest absolute Gasteiger partial charge is 0.240 e. The third-order valence-corrected chi connectivity index (χ3v) is 6.24. The van der Waals surface area contributed by atoms with Crippen LogP contribution in [0.2, 0.25) is 0 Å². The van der Waals surface area contributed by atoms with E-state index in [0.717, 1.165) is 10.0 Å². The van der Waals surface area contributed by atoms with Gasteiger partial charge in [-0.15, -0.1) is 0 Å². The van der Waals surface area contributed by atoms with Crippen LogP contribution >= 0.6 is 15.9 Å². The molecule has 2 aromatic rings. The van der Waals surface area contributed by atoms with Gasteiger partial charge in [0.15, 0.2) is 0 Å². The van der Waals surface area contributed by atoms with E-state index in [1.165, 1.54) is 24.3 Å². The van der Waals surface area contributed by atoms with E-state index in [-0.39, 0.29) is 29.1 Å². The van der Waals surface area contributed by atoms with Crippen LogP contribution in [0.1, 0.15) is 12.0 Å². The molecule has 8 heteroatoms. The lowest BCUT2D eigenvalue weighted by Crippen LogP contribution is -2.31. The summed E-state index contributed by atoms with van der Waals surface area (Å²) >= 11 is 3.27. The molecule has 0 aromatic heterocycles. The standard InChI is InChI=1S/C18H18BrFN2O3S/c19-15-3-7-17(8-4-15)26(24,25)21-10-14-9-18(23)22(12-14)11-13-1-5-16(20)6-2-13/h1-8,14,21H,9-12H2/t14-/m1/s1. The van der Waals surface area contributed by atoms with Gasteiger partial charge in [-0.1, -0.05) is 28.1 Å². The second-order valence-corrected chi connectivity index (χ2v) is 8.96. The van der Waals surface area contributed by atoms with Crippen molar-refractivity contribution in [2.24, 2.45) is 5.92 Å². The van der Waals surface area contributed by atoms with Gasteiger partial charge < -0.3 is 4.90 Å². The summed E-state index contributed by atoms with van der Waals surface area (Å²) < 4.78 is 41.0. The van der Waals surface area contributed by atoms with E-state index < -0.39 is 10.0 Å². The fraction of sp³-hybridized carbons (Fsp3) is 0.278. The summed E-state index contributed by atoms with van der Waals surface area (Å²) in [6, 6.07) is 12.4. The lowest BCUT2D eigenvalue weighted by Gasteiger charge is -2.17. The Bertz CT molecular complexity index is 886. The fourth-order valence-corrected chi connectivity index (χ4v) is 4.26. The van der Waals surface area contributed by atoms with Crippen LogP contribution in [0.25, 0.3) is 0 Å². The first-order valence-electron chi connectivity index (χ1n) is 8.11. The number of nitrogens with one attached hydrogen (secondary N) is 1. The van der Waals surface area contributed by atoms with Crippen molar-refractivity contribution < 1.29 is 17.6 Å². The zero-order valence-electron chi connectivity index (χ0n) is 13.9. The van der Waals surface area contributed by atoms with Gasteiger partial charge in [-0.3, -0.25) is 4.79 Å². The summed E-state index contributed by atoms with van der Waals surface area (Å²) in [4.78, 5) is 14.0. The third-order valence-electron chi connectivity index (χ3n) is 4.27. The predicted molar refractivity (Wildman–Crippen MR) is 99.3 cm³/mol. The number of benzene rings is 2. The second-order valence-electron chi connectivity index (χ2n) is 6.28. The lowest BCUT2D eigenvalue weighted by molar-refractivity contribution is -0.128. The molecule has 26 heavy (non-hydrogen) atoms. The molecule has 0 aliphatic carbocycles. The SMILES string of the molecule is O=C1C[C@H](CNS(=O)(=O)c2ccc(Br)cc2)CN1Cc1ccc(F)cc1. The van der Waals surface area contributed by atoms with Crippen molar-refractivity contribution in [1.82, 2.24) is 9.62 Å². The lowest BCUT2D eigenvalue weighted by atomic mass is 10.1. The highest BCUT2D eigenvalue weighted by Gasteiger charge is 2.30. The molecule has 0 spiro atoms. The number of hydrogen-bond acceptors (Lipinski definition) is 3. The first-order chi connectivity index (χ1) is 12.3. The molecule has 0 bridgehead atoms. The average Bonchev–Trinajstić information content (AvgIpc) is 2.95. The first kappa shape index (κ1) is 19.0. The molecule has 0 unspecified atom stereocenters. The van der Waals surface area contributed by atoms with Gasteiger partial charge in [0, 0.05) is 30.5 Å². The molecule has 1 heterocycles. The van der Waals surface area contributed by atoms with Crippen molar-refractivity contribution in [2.75, 3.05) is 13.1 Å². The molecule has 1 aliphatic heterocycles.